The van der Waals surface area contributed by atoms with Crippen LogP contribution in [0.2, 0.25) is 0 Å². The van der Waals surface area contributed by atoms with Crippen molar-refractivity contribution in [2.75, 3.05) is 13.7 Å². The normalized spacial score (nSPS) is 11.7. The average molecular weight is 337 g/mol. The molecule has 1 heterocycles. The Labute approximate surface area is 141 Å². The predicted octanol–water partition coefficient (Wildman–Crippen LogP) is 4.69. The molecule has 0 fully saturated rings. The largest absolute Gasteiger partial charge is 0.380 e. The number of carbonyl (C=O) groups is 1. The van der Waals surface area contributed by atoms with Crippen LogP contribution in [0.1, 0.15) is 42.9 Å². The Morgan fingerprint density at radius 2 is 2.00 bits per heavy atom. The van der Waals surface area contributed by atoms with E-state index < -0.39 is 0 Å². The minimum Gasteiger partial charge on any atom is -0.380 e. The van der Waals surface area contributed by atoms with E-state index in [0.29, 0.717) is 28.3 Å². The molecule has 126 valence electrons. The maximum atomic E-state index is 14.2. The third-order valence-corrected chi connectivity index (χ3v) is 4.88. The smallest absolute Gasteiger partial charge is 0.264 e. The highest BCUT2D eigenvalue weighted by Crippen LogP contribution is 2.35. The lowest BCUT2D eigenvalue weighted by atomic mass is 10.1. The van der Waals surface area contributed by atoms with Crippen molar-refractivity contribution in [2.24, 2.45) is 5.92 Å². The first-order valence-electron chi connectivity index (χ1n) is 7.86. The summed E-state index contributed by atoms with van der Waals surface area (Å²) in [5.41, 5.74) is 0.657. The Morgan fingerprint density at radius 3 is 2.57 bits per heavy atom. The first kappa shape index (κ1) is 17.9. The molecule has 23 heavy (non-hydrogen) atoms. The number of amides is 1. The predicted molar refractivity (Wildman–Crippen MR) is 93.5 cm³/mol. The molecule has 0 aliphatic heterocycles. The summed E-state index contributed by atoms with van der Waals surface area (Å²) in [6.07, 6.45) is 0. The Hall–Kier alpha value is -1.46. The third-order valence-electron chi connectivity index (χ3n) is 3.69. The van der Waals surface area contributed by atoms with Gasteiger partial charge in [0.15, 0.2) is 0 Å². The molecule has 5 heteroatoms. The van der Waals surface area contributed by atoms with Crippen LogP contribution in [0.25, 0.3) is 10.1 Å². The summed E-state index contributed by atoms with van der Waals surface area (Å²) in [6, 6.07) is 5.04. The highest BCUT2D eigenvalue weighted by atomic mass is 32.1. The zero-order chi connectivity index (χ0) is 17.1. The van der Waals surface area contributed by atoms with E-state index in [4.69, 9.17) is 4.74 Å². The molecule has 0 saturated heterocycles. The van der Waals surface area contributed by atoms with E-state index in [1.165, 1.54) is 17.4 Å². The molecular formula is C18H24FNO2S. The van der Waals surface area contributed by atoms with Gasteiger partial charge in [-0.25, -0.2) is 4.39 Å². The fourth-order valence-electron chi connectivity index (χ4n) is 2.67. The lowest BCUT2D eigenvalue weighted by Gasteiger charge is -2.28. The summed E-state index contributed by atoms with van der Waals surface area (Å²) in [4.78, 5) is 15.5. The monoisotopic (exact) mass is 337 g/mol. The number of halogens is 1. The minimum absolute atomic E-state index is 0.0404. The Balaban J connectivity index is 2.54. The first-order valence-corrected chi connectivity index (χ1v) is 8.68. The Bertz CT molecular complexity index is 694. The van der Waals surface area contributed by atoms with Gasteiger partial charge in [-0.1, -0.05) is 19.9 Å². The van der Waals surface area contributed by atoms with E-state index in [0.717, 1.165) is 4.70 Å². The quantitative estimate of drug-likeness (QED) is 0.765. The fourth-order valence-corrected chi connectivity index (χ4v) is 3.85. The van der Waals surface area contributed by atoms with E-state index in [1.807, 2.05) is 24.8 Å². The number of benzene rings is 1. The highest BCUT2D eigenvalue weighted by Gasteiger charge is 2.26. The number of thiophene rings is 1. The van der Waals surface area contributed by atoms with Gasteiger partial charge in [0, 0.05) is 35.3 Å². The van der Waals surface area contributed by atoms with Crippen LogP contribution in [0.5, 0.6) is 0 Å². The van der Waals surface area contributed by atoms with Crippen LogP contribution in [-0.4, -0.2) is 30.5 Å². The molecule has 0 N–H and O–H groups in total. The SMILES string of the molecule is COCc1c(C(=O)N(CC(C)C)C(C)C)sc2cccc(F)c12. The molecule has 0 bridgehead atoms. The van der Waals surface area contributed by atoms with Crippen molar-refractivity contribution < 1.29 is 13.9 Å². The van der Waals surface area contributed by atoms with Gasteiger partial charge in [-0.05, 0) is 31.9 Å². The standard InChI is InChI=1S/C18H24FNO2S/c1-11(2)9-20(12(3)4)18(21)17-13(10-22-5)16-14(19)7-6-8-15(16)23-17/h6-8,11-12H,9-10H2,1-5H3. The number of fused-ring (bicyclic) bond motifs is 1. The molecule has 1 amide bonds. The number of methoxy groups -OCH3 is 1. The fraction of sp³-hybridized carbons (Fsp3) is 0.500. The summed E-state index contributed by atoms with van der Waals surface area (Å²) < 4.78 is 20.3. The summed E-state index contributed by atoms with van der Waals surface area (Å²) in [7, 11) is 1.56. The summed E-state index contributed by atoms with van der Waals surface area (Å²) >= 11 is 1.35. The molecule has 2 aromatic rings. The Kier molecular flexibility index (Phi) is 5.76. The number of hydrogen-bond donors (Lipinski definition) is 0. The van der Waals surface area contributed by atoms with Crippen LogP contribution in [0.3, 0.4) is 0 Å². The van der Waals surface area contributed by atoms with Crippen LogP contribution in [0.15, 0.2) is 18.2 Å². The van der Waals surface area contributed by atoms with E-state index in [9.17, 15) is 9.18 Å². The zero-order valence-electron chi connectivity index (χ0n) is 14.4. The van der Waals surface area contributed by atoms with Gasteiger partial charge in [-0.2, -0.15) is 0 Å². The molecule has 0 aliphatic rings. The van der Waals surface area contributed by atoms with Crippen LogP contribution >= 0.6 is 11.3 Å². The average Bonchev–Trinajstić information content (AvgIpc) is 2.84. The maximum absolute atomic E-state index is 14.2. The third kappa shape index (κ3) is 3.72. The molecule has 3 nitrogen and oxygen atoms in total. The lowest BCUT2D eigenvalue weighted by Crippen LogP contribution is -2.39. The second-order valence-electron chi connectivity index (χ2n) is 6.40. The van der Waals surface area contributed by atoms with Crippen molar-refractivity contribution in [1.82, 2.24) is 4.90 Å². The van der Waals surface area contributed by atoms with E-state index in [-0.39, 0.29) is 24.4 Å². The molecule has 1 aromatic carbocycles. The van der Waals surface area contributed by atoms with Crippen molar-refractivity contribution in [3.63, 3.8) is 0 Å². The molecule has 1 aromatic heterocycles. The number of hydrogen-bond acceptors (Lipinski definition) is 3. The van der Waals surface area contributed by atoms with Crippen molar-refractivity contribution in [3.05, 3.63) is 34.5 Å². The van der Waals surface area contributed by atoms with Gasteiger partial charge in [0.25, 0.3) is 5.91 Å². The summed E-state index contributed by atoms with van der Waals surface area (Å²) in [5, 5.41) is 0.510. The van der Waals surface area contributed by atoms with Crippen molar-refractivity contribution in [3.8, 4) is 0 Å². The molecule has 0 spiro atoms. The van der Waals surface area contributed by atoms with Crippen molar-refractivity contribution in [2.45, 2.75) is 40.3 Å². The number of ether oxygens (including phenoxy) is 1. The molecule has 0 saturated carbocycles. The van der Waals surface area contributed by atoms with Gasteiger partial charge in [-0.15, -0.1) is 11.3 Å². The topological polar surface area (TPSA) is 29.5 Å². The van der Waals surface area contributed by atoms with Gasteiger partial charge < -0.3 is 9.64 Å². The first-order chi connectivity index (χ1) is 10.9. The highest BCUT2D eigenvalue weighted by molar-refractivity contribution is 7.21. The van der Waals surface area contributed by atoms with Crippen LogP contribution in [0.4, 0.5) is 4.39 Å². The lowest BCUT2D eigenvalue weighted by molar-refractivity contribution is 0.0683. The minimum atomic E-state index is -0.301. The van der Waals surface area contributed by atoms with Gasteiger partial charge >= 0.3 is 0 Å². The van der Waals surface area contributed by atoms with Crippen LogP contribution in [-0.2, 0) is 11.3 Å². The molecule has 0 aliphatic carbocycles. The summed E-state index contributed by atoms with van der Waals surface area (Å²) in [5.74, 6) is 0.0319. The number of rotatable bonds is 6. The second-order valence-corrected chi connectivity index (χ2v) is 7.45. The molecule has 0 radical (unpaired) electrons. The second kappa shape index (κ2) is 7.41. The molecule has 0 unspecified atom stereocenters. The molecule has 2 rings (SSSR count). The van der Waals surface area contributed by atoms with E-state index >= 15 is 0 Å². The van der Waals surface area contributed by atoms with Crippen LogP contribution < -0.4 is 0 Å². The van der Waals surface area contributed by atoms with Crippen molar-refractivity contribution in [1.29, 1.82) is 0 Å². The Morgan fingerprint density at radius 1 is 1.30 bits per heavy atom. The van der Waals surface area contributed by atoms with Gasteiger partial charge in [0.1, 0.15) is 5.82 Å². The van der Waals surface area contributed by atoms with Crippen LogP contribution in [0, 0.1) is 11.7 Å². The van der Waals surface area contributed by atoms with E-state index in [1.54, 1.807) is 13.2 Å². The van der Waals surface area contributed by atoms with Gasteiger partial charge in [0.05, 0.1) is 11.5 Å². The van der Waals surface area contributed by atoms with Gasteiger partial charge in [0.2, 0.25) is 0 Å². The number of carbonyl (C=O) groups excluding carboxylic acids is 1. The van der Waals surface area contributed by atoms with E-state index in [2.05, 4.69) is 13.8 Å². The number of nitrogens with zero attached hydrogens (tertiary/aromatic N) is 1. The summed E-state index contributed by atoms with van der Waals surface area (Å²) in [6.45, 7) is 9.09. The maximum Gasteiger partial charge on any atom is 0.264 e. The van der Waals surface area contributed by atoms with Gasteiger partial charge in [-0.3, -0.25) is 4.79 Å². The zero-order valence-corrected chi connectivity index (χ0v) is 15.2. The van der Waals surface area contributed by atoms with Crippen molar-refractivity contribution >= 4 is 27.3 Å². The molecule has 0 atom stereocenters. The molecular weight excluding hydrogens is 313 g/mol.